The molecular formula is C20H14Cl3NO. The lowest BCUT2D eigenvalue weighted by Crippen LogP contribution is -2.03. The van der Waals surface area contributed by atoms with Crippen molar-refractivity contribution < 1.29 is 4.79 Å². The molecule has 0 spiro atoms. The van der Waals surface area contributed by atoms with Gasteiger partial charge in [0.25, 0.3) is 0 Å². The maximum Gasteiger partial charge on any atom is 0.196 e. The summed E-state index contributed by atoms with van der Waals surface area (Å²) < 4.78 is 1.91. The molecule has 3 aromatic rings. The third kappa shape index (κ3) is 3.82. The lowest BCUT2D eigenvalue weighted by atomic mass is 9.98. The van der Waals surface area contributed by atoms with E-state index in [9.17, 15) is 4.79 Å². The van der Waals surface area contributed by atoms with Crippen LogP contribution in [0.5, 0.6) is 0 Å². The zero-order chi connectivity index (χ0) is 18.0. The number of allylic oxidation sites excluding steroid dienone is 1. The molecule has 5 heteroatoms. The summed E-state index contributed by atoms with van der Waals surface area (Å²) in [6.45, 7) is 4.35. The summed E-state index contributed by atoms with van der Waals surface area (Å²) >= 11 is 18.1. The molecule has 126 valence electrons. The highest BCUT2D eigenvalue weighted by Gasteiger charge is 2.20. The SMILES string of the molecule is C=CCn1cc(C(=O)c2ccc(Cl)cc2Cl)c(-c2ccc(Cl)cc2)c1. The third-order valence-electron chi connectivity index (χ3n) is 3.80. The fourth-order valence-corrected chi connectivity index (χ4v) is 3.24. The van der Waals surface area contributed by atoms with Crippen LogP contribution in [0.1, 0.15) is 15.9 Å². The molecule has 2 nitrogen and oxygen atoms in total. The number of carbonyl (C=O) groups is 1. The predicted octanol–water partition coefficient (Wildman–Crippen LogP) is 6.53. The van der Waals surface area contributed by atoms with Crippen LogP contribution in [0, 0.1) is 0 Å². The highest BCUT2D eigenvalue weighted by molar-refractivity contribution is 6.37. The first-order valence-electron chi connectivity index (χ1n) is 7.56. The quantitative estimate of drug-likeness (QED) is 0.358. The molecule has 0 amide bonds. The molecule has 1 aromatic heterocycles. The minimum atomic E-state index is -0.158. The van der Waals surface area contributed by atoms with Gasteiger partial charge in [0.05, 0.1) is 5.02 Å². The molecule has 2 aromatic carbocycles. The smallest absolute Gasteiger partial charge is 0.196 e. The van der Waals surface area contributed by atoms with Crippen molar-refractivity contribution >= 4 is 40.6 Å². The Labute approximate surface area is 161 Å². The summed E-state index contributed by atoms with van der Waals surface area (Å²) in [6, 6.07) is 12.2. The number of rotatable bonds is 5. The van der Waals surface area contributed by atoms with Crippen molar-refractivity contribution in [2.75, 3.05) is 0 Å². The van der Waals surface area contributed by atoms with Crippen molar-refractivity contribution in [3.05, 3.63) is 93.7 Å². The summed E-state index contributed by atoms with van der Waals surface area (Å²) in [6.07, 6.45) is 5.50. The average molecular weight is 391 g/mol. The molecule has 0 bridgehead atoms. The van der Waals surface area contributed by atoms with Gasteiger partial charge in [-0.2, -0.15) is 0 Å². The van der Waals surface area contributed by atoms with E-state index in [1.54, 1.807) is 42.6 Å². The van der Waals surface area contributed by atoms with Gasteiger partial charge in [0.2, 0.25) is 0 Å². The summed E-state index contributed by atoms with van der Waals surface area (Å²) in [5.41, 5.74) is 2.70. The van der Waals surface area contributed by atoms with E-state index in [4.69, 9.17) is 34.8 Å². The van der Waals surface area contributed by atoms with E-state index < -0.39 is 0 Å². The van der Waals surface area contributed by atoms with Gasteiger partial charge in [0, 0.05) is 45.7 Å². The summed E-state index contributed by atoms with van der Waals surface area (Å²) in [7, 11) is 0. The Morgan fingerprint density at radius 3 is 2.28 bits per heavy atom. The van der Waals surface area contributed by atoms with Gasteiger partial charge in [-0.25, -0.2) is 0 Å². The number of nitrogens with zero attached hydrogens (tertiary/aromatic N) is 1. The van der Waals surface area contributed by atoms with Crippen LogP contribution in [0.4, 0.5) is 0 Å². The van der Waals surface area contributed by atoms with E-state index in [-0.39, 0.29) is 5.78 Å². The van der Waals surface area contributed by atoms with E-state index in [0.717, 1.165) is 11.1 Å². The molecule has 0 unspecified atom stereocenters. The van der Waals surface area contributed by atoms with E-state index in [1.165, 1.54) is 0 Å². The van der Waals surface area contributed by atoms with E-state index in [1.807, 2.05) is 22.9 Å². The van der Waals surface area contributed by atoms with Crippen LogP contribution in [0.3, 0.4) is 0 Å². The molecule has 0 aliphatic carbocycles. The second kappa shape index (κ2) is 7.49. The standard InChI is InChI=1S/C20H14Cl3NO/c1-2-9-24-11-17(13-3-5-14(21)6-4-13)18(12-24)20(25)16-8-7-15(22)10-19(16)23/h2-8,10-12H,1,9H2. The normalized spacial score (nSPS) is 10.7. The fraction of sp³-hybridized carbons (Fsp3) is 0.0500. The lowest BCUT2D eigenvalue weighted by molar-refractivity contribution is 0.103. The fourth-order valence-electron chi connectivity index (χ4n) is 2.62. The molecule has 0 saturated heterocycles. The molecule has 0 N–H and O–H groups in total. The van der Waals surface area contributed by atoms with Crippen molar-refractivity contribution in [3.63, 3.8) is 0 Å². The van der Waals surface area contributed by atoms with Gasteiger partial charge in [-0.05, 0) is 35.9 Å². The molecule has 0 fully saturated rings. The largest absolute Gasteiger partial charge is 0.349 e. The predicted molar refractivity (Wildman–Crippen MR) is 105 cm³/mol. The van der Waals surface area contributed by atoms with E-state index >= 15 is 0 Å². The van der Waals surface area contributed by atoms with Crippen LogP contribution in [-0.2, 0) is 6.54 Å². The van der Waals surface area contributed by atoms with Crippen molar-refractivity contribution in [1.82, 2.24) is 4.57 Å². The zero-order valence-electron chi connectivity index (χ0n) is 13.2. The Balaban J connectivity index is 2.12. The first kappa shape index (κ1) is 17.8. The summed E-state index contributed by atoms with van der Waals surface area (Å²) in [5, 5.41) is 1.46. The number of benzene rings is 2. The number of hydrogen-bond acceptors (Lipinski definition) is 1. The minimum absolute atomic E-state index is 0.158. The maximum absolute atomic E-state index is 13.1. The number of halogens is 3. The maximum atomic E-state index is 13.1. The van der Waals surface area contributed by atoms with Crippen molar-refractivity contribution in [2.24, 2.45) is 0 Å². The van der Waals surface area contributed by atoms with Gasteiger partial charge in [-0.15, -0.1) is 6.58 Å². The van der Waals surface area contributed by atoms with Crippen molar-refractivity contribution in [3.8, 4) is 11.1 Å². The Bertz CT molecular complexity index is 942. The Morgan fingerprint density at radius 2 is 1.64 bits per heavy atom. The van der Waals surface area contributed by atoms with Gasteiger partial charge in [-0.1, -0.05) is 53.0 Å². The van der Waals surface area contributed by atoms with Gasteiger partial charge in [-0.3, -0.25) is 4.79 Å². The molecule has 0 atom stereocenters. The second-order valence-corrected chi connectivity index (χ2v) is 6.81. The highest BCUT2D eigenvalue weighted by atomic mass is 35.5. The zero-order valence-corrected chi connectivity index (χ0v) is 15.4. The van der Waals surface area contributed by atoms with Crippen LogP contribution in [0.2, 0.25) is 15.1 Å². The molecule has 0 radical (unpaired) electrons. The van der Waals surface area contributed by atoms with Gasteiger partial charge < -0.3 is 4.57 Å². The van der Waals surface area contributed by atoms with Gasteiger partial charge >= 0.3 is 0 Å². The highest BCUT2D eigenvalue weighted by Crippen LogP contribution is 2.30. The topological polar surface area (TPSA) is 22.0 Å². The molecule has 0 saturated carbocycles. The van der Waals surface area contributed by atoms with E-state index in [2.05, 4.69) is 6.58 Å². The van der Waals surface area contributed by atoms with Crippen LogP contribution >= 0.6 is 34.8 Å². The summed E-state index contributed by atoms with van der Waals surface area (Å²) in [4.78, 5) is 13.1. The number of carbonyl (C=O) groups excluding carboxylic acids is 1. The lowest BCUT2D eigenvalue weighted by Gasteiger charge is -2.06. The van der Waals surface area contributed by atoms with E-state index in [0.29, 0.717) is 32.7 Å². The Kier molecular flexibility index (Phi) is 5.33. The van der Waals surface area contributed by atoms with Crippen molar-refractivity contribution in [2.45, 2.75) is 6.54 Å². The first-order valence-corrected chi connectivity index (χ1v) is 8.69. The van der Waals surface area contributed by atoms with Crippen LogP contribution < -0.4 is 0 Å². The monoisotopic (exact) mass is 389 g/mol. The summed E-state index contributed by atoms with van der Waals surface area (Å²) in [5.74, 6) is -0.158. The van der Waals surface area contributed by atoms with Gasteiger partial charge in [0.1, 0.15) is 0 Å². The van der Waals surface area contributed by atoms with Crippen LogP contribution in [0.25, 0.3) is 11.1 Å². The first-order chi connectivity index (χ1) is 12.0. The molecule has 25 heavy (non-hydrogen) atoms. The third-order valence-corrected chi connectivity index (χ3v) is 4.60. The Hall–Kier alpha value is -2.00. The molecule has 1 heterocycles. The van der Waals surface area contributed by atoms with Crippen molar-refractivity contribution in [1.29, 1.82) is 0 Å². The molecular weight excluding hydrogens is 377 g/mol. The number of hydrogen-bond donors (Lipinski definition) is 0. The van der Waals surface area contributed by atoms with Crippen LogP contribution in [0.15, 0.2) is 67.5 Å². The molecule has 0 aliphatic rings. The van der Waals surface area contributed by atoms with Crippen LogP contribution in [-0.4, -0.2) is 10.4 Å². The Morgan fingerprint density at radius 1 is 0.960 bits per heavy atom. The molecule has 3 rings (SSSR count). The number of ketones is 1. The average Bonchev–Trinajstić information content (AvgIpc) is 2.99. The minimum Gasteiger partial charge on any atom is -0.349 e. The number of aromatic nitrogens is 1. The van der Waals surface area contributed by atoms with Gasteiger partial charge in [0.15, 0.2) is 5.78 Å². The second-order valence-electron chi connectivity index (χ2n) is 5.53. The molecule has 0 aliphatic heterocycles.